The van der Waals surface area contributed by atoms with Crippen LogP contribution in [0.2, 0.25) is 0 Å². The second-order valence-electron chi connectivity index (χ2n) is 22.0. The third-order valence-corrected chi connectivity index (χ3v) is 17.0. The van der Waals surface area contributed by atoms with E-state index in [9.17, 15) is 0 Å². The fraction of sp³-hybridized carbons (Fsp3) is 0. The molecule has 14 aromatic carbocycles. The number of anilines is 15. The summed E-state index contributed by atoms with van der Waals surface area (Å²) in [5.74, 6) is -1.44. The lowest BCUT2D eigenvalue weighted by Crippen LogP contribution is -2.18. The first-order valence-electron chi connectivity index (χ1n) is 30.6. The molecule has 0 fully saturated rings. The van der Waals surface area contributed by atoms with Gasteiger partial charge in [-0.15, -0.1) is 0 Å². The van der Waals surface area contributed by atoms with E-state index >= 15 is 8.78 Å². The van der Waals surface area contributed by atoms with Gasteiger partial charge in [0.05, 0.1) is 22.7 Å². The molecule has 5 nitrogen and oxygen atoms in total. The van der Waals surface area contributed by atoms with E-state index in [4.69, 9.17) is 0 Å². The molecule has 0 heterocycles. The first-order valence-corrected chi connectivity index (χ1v) is 31.4. The van der Waals surface area contributed by atoms with Gasteiger partial charge in [0.15, 0.2) is 0 Å². The van der Waals surface area contributed by atoms with E-state index in [2.05, 4.69) is 274 Å². The van der Waals surface area contributed by atoms with Crippen LogP contribution in [0.3, 0.4) is 0 Å². The Morgan fingerprint density at radius 1 is 0.196 bits per heavy atom. The molecule has 0 spiro atoms. The lowest BCUT2D eigenvalue weighted by molar-refractivity contribution is 0.586. The molecule has 0 amide bonds. The van der Waals surface area contributed by atoms with E-state index in [1.165, 1.54) is 18.2 Å². The van der Waals surface area contributed by atoms with Crippen molar-refractivity contribution in [1.29, 1.82) is 0 Å². The van der Waals surface area contributed by atoms with Crippen LogP contribution in [0, 0.1) is 11.6 Å². The fourth-order valence-electron chi connectivity index (χ4n) is 12.0. The molecule has 0 atom stereocenters. The van der Waals surface area contributed by atoms with Gasteiger partial charge in [0, 0.05) is 72.2 Å². The molecule has 14 rings (SSSR count). The van der Waals surface area contributed by atoms with E-state index in [0.29, 0.717) is 11.4 Å². The molecular weight excluding hydrogens is 1150 g/mol. The molecule has 8 heteroatoms. The Hall–Kier alpha value is -11.7. The fourth-order valence-corrected chi connectivity index (χ4v) is 12.9. The number of rotatable bonds is 19. The maximum atomic E-state index is 17.4. The Kier molecular flexibility index (Phi) is 17.0. The Bertz CT molecular complexity index is 4510. The summed E-state index contributed by atoms with van der Waals surface area (Å²) in [6, 6.07) is 125. The minimum Gasteiger partial charge on any atom is -0.310 e. The van der Waals surface area contributed by atoms with Crippen molar-refractivity contribution in [2.75, 3.05) is 24.5 Å². The van der Waals surface area contributed by atoms with Crippen LogP contribution in [0.4, 0.5) is 94.1 Å². The van der Waals surface area contributed by atoms with E-state index in [1.807, 2.05) is 97.1 Å². The van der Waals surface area contributed by atoms with Crippen molar-refractivity contribution in [2.24, 2.45) is 0 Å². The van der Waals surface area contributed by atoms with Gasteiger partial charge in [0.25, 0.3) is 0 Å². The highest BCUT2D eigenvalue weighted by atomic mass is 32.2. The minimum atomic E-state index is -0.720. The van der Waals surface area contributed by atoms with Crippen LogP contribution in [0.5, 0.6) is 0 Å². The molecule has 14 aromatic rings. The second kappa shape index (κ2) is 26.9. The maximum absolute atomic E-state index is 17.4. The van der Waals surface area contributed by atoms with Crippen LogP contribution >= 0.6 is 11.8 Å². The van der Waals surface area contributed by atoms with Crippen molar-refractivity contribution >= 4 is 97.1 Å². The molecule has 92 heavy (non-hydrogen) atoms. The Labute approximate surface area is 540 Å². The summed E-state index contributed by atoms with van der Waals surface area (Å²) < 4.78 is 34.8. The summed E-state index contributed by atoms with van der Waals surface area (Å²) in [4.78, 5) is 12.5. The summed E-state index contributed by atoms with van der Waals surface area (Å²) in [5, 5.41) is 0. The zero-order chi connectivity index (χ0) is 62.0. The SMILES string of the molecule is Fc1cccc(F)c1N(c1cccc(Sc2cc(N(c3ccccc3)c3ccccc3)cc(N(c3ccccc3)c3ccccc3)c2)c1)c1cc(N(c2ccccc2)c2ccccc2)cc(N(c2ccc(-c3ccccc3)cc2)c2ccccc2-c2ccccc2)c1. The van der Waals surface area contributed by atoms with E-state index in [-0.39, 0.29) is 5.69 Å². The first kappa shape index (κ1) is 58.0. The zero-order valence-corrected chi connectivity index (χ0v) is 50.9. The van der Waals surface area contributed by atoms with Crippen molar-refractivity contribution in [2.45, 2.75) is 9.79 Å². The van der Waals surface area contributed by atoms with Gasteiger partial charge in [-0.2, -0.15) is 0 Å². The maximum Gasteiger partial charge on any atom is 0.150 e. The second-order valence-corrected chi connectivity index (χ2v) is 23.2. The summed E-state index contributed by atoms with van der Waals surface area (Å²) in [6.07, 6.45) is 0. The van der Waals surface area contributed by atoms with Crippen molar-refractivity contribution in [3.8, 4) is 22.3 Å². The largest absolute Gasteiger partial charge is 0.310 e. The van der Waals surface area contributed by atoms with Gasteiger partial charge in [0.1, 0.15) is 17.3 Å². The Morgan fingerprint density at radius 2 is 0.500 bits per heavy atom. The van der Waals surface area contributed by atoms with Gasteiger partial charge >= 0.3 is 0 Å². The monoisotopic (exact) mass is 1210 g/mol. The molecule has 442 valence electrons. The highest BCUT2D eigenvalue weighted by molar-refractivity contribution is 7.99. The van der Waals surface area contributed by atoms with Crippen molar-refractivity contribution in [1.82, 2.24) is 0 Å². The van der Waals surface area contributed by atoms with Gasteiger partial charge in [-0.3, -0.25) is 0 Å². The molecule has 0 aromatic heterocycles. The van der Waals surface area contributed by atoms with Crippen molar-refractivity contribution < 1.29 is 8.78 Å². The quantitative estimate of drug-likeness (QED) is 0.0796. The third kappa shape index (κ3) is 12.5. The number of hydrogen-bond acceptors (Lipinski definition) is 6. The lowest BCUT2D eigenvalue weighted by atomic mass is 10.0. The van der Waals surface area contributed by atoms with Crippen LogP contribution in [-0.4, -0.2) is 0 Å². The zero-order valence-electron chi connectivity index (χ0n) is 50.1. The van der Waals surface area contributed by atoms with Gasteiger partial charge in [0.2, 0.25) is 0 Å². The molecule has 0 radical (unpaired) electrons. The molecule has 0 aliphatic carbocycles. The smallest absolute Gasteiger partial charge is 0.150 e. The normalized spacial score (nSPS) is 11.0. The average molecular weight is 1210 g/mol. The summed E-state index contributed by atoms with van der Waals surface area (Å²) in [6.45, 7) is 0. The average Bonchev–Trinajstić information content (AvgIpc) is 0.841. The minimum absolute atomic E-state index is 0.223. The van der Waals surface area contributed by atoms with Crippen molar-refractivity contribution in [3.05, 3.63) is 382 Å². The van der Waals surface area contributed by atoms with Crippen LogP contribution < -0.4 is 24.5 Å². The molecular formula is C84H61F2N5S. The molecule has 0 aliphatic heterocycles. The summed E-state index contributed by atoms with van der Waals surface area (Å²) in [5.41, 5.74) is 15.9. The van der Waals surface area contributed by atoms with Crippen LogP contribution in [0.1, 0.15) is 0 Å². The number of halogens is 2. The molecule has 0 bridgehead atoms. The number of nitrogens with zero attached hydrogens (tertiary/aromatic N) is 5. The van der Waals surface area contributed by atoms with Gasteiger partial charge in [-0.05, 0) is 174 Å². The molecule has 0 unspecified atom stereocenters. The summed E-state index contributed by atoms with van der Waals surface area (Å²) >= 11 is 1.58. The van der Waals surface area contributed by atoms with Gasteiger partial charge in [-0.1, -0.05) is 224 Å². The van der Waals surface area contributed by atoms with Crippen LogP contribution in [0.15, 0.2) is 380 Å². The molecule has 0 saturated carbocycles. The van der Waals surface area contributed by atoms with Gasteiger partial charge < -0.3 is 24.5 Å². The number of hydrogen-bond donors (Lipinski definition) is 0. The highest BCUT2D eigenvalue weighted by Gasteiger charge is 2.28. The van der Waals surface area contributed by atoms with E-state index in [1.54, 1.807) is 16.7 Å². The highest BCUT2D eigenvalue weighted by Crippen LogP contribution is 2.50. The molecule has 0 N–H and O–H groups in total. The predicted octanol–water partition coefficient (Wildman–Crippen LogP) is 24.8. The molecule has 0 saturated heterocycles. The Balaban J connectivity index is 0.985. The topological polar surface area (TPSA) is 16.2 Å². The number of benzene rings is 14. The van der Waals surface area contributed by atoms with Crippen molar-refractivity contribution in [3.63, 3.8) is 0 Å². The van der Waals surface area contributed by atoms with Crippen LogP contribution in [-0.2, 0) is 0 Å². The predicted molar refractivity (Wildman–Crippen MR) is 381 cm³/mol. The standard InChI is InChI=1S/C84H61F2N5S/c85-81-48-28-49-82(86)84(81)91(72-45-27-46-78(59-72)92-79-60-76(88(67-37-17-5-18-38-67)68-39-19-6-20-40-68)58-77(61-79)89(69-41-21-7-22-42-69)70-43-23-8-24-44-70)75-56-73(87(65-33-13-3-14-34-65)66-35-15-4-16-36-66)55-74(57-75)90(71-53-51-63(52-54-71)62-29-9-1-10-30-62)83-50-26-25-47-80(83)64-31-11-2-12-32-64/h1-61H. The number of para-hydroxylation sites is 8. The van der Waals surface area contributed by atoms with Crippen LogP contribution in [0.25, 0.3) is 22.3 Å². The molecule has 0 aliphatic rings. The third-order valence-electron chi connectivity index (χ3n) is 16.1. The summed E-state index contributed by atoms with van der Waals surface area (Å²) in [7, 11) is 0. The van der Waals surface area contributed by atoms with E-state index < -0.39 is 11.6 Å². The first-order chi connectivity index (χ1) is 45.5. The van der Waals surface area contributed by atoms with E-state index in [0.717, 1.165) is 100 Å². The lowest BCUT2D eigenvalue weighted by Gasteiger charge is -2.34. The Morgan fingerprint density at radius 3 is 0.935 bits per heavy atom. The van der Waals surface area contributed by atoms with Gasteiger partial charge in [-0.25, -0.2) is 8.78 Å².